The Labute approximate surface area is 140 Å². The number of amides is 1. The van der Waals surface area contributed by atoms with E-state index in [1.54, 1.807) is 22.9 Å². The topological polar surface area (TPSA) is 56.1 Å². The van der Waals surface area contributed by atoms with Crippen LogP contribution in [-0.2, 0) is 7.05 Å². The summed E-state index contributed by atoms with van der Waals surface area (Å²) in [5, 5.41) is 7.27. The van der Waals surface area contributed by atoms with Crippen LogP contribution in [-0.4, -0.2) is 22.3 Å². The van der Waals surface area contributed by atoms with Gasteiger partial charge in [-0.05, 0) is 30.9 Å². The quantitative estimate of drug-likeness (QED) is 0.938. The van der Waals surface area contributed by atoms with Crippen molar-refractivity contribution in [1.29, 1.82) is 0 Å². The van der Waals surface area contributed by atoms with Gasteiger partial charge < -0.3 is 10.1 Å². The number of nitrogens with one attached hydrogen (secondary N) is 1. The summed E-state index contributed by atoms with van der Waals surface area (Å²) in [5.74, 6) is -0.123. The fraction of sp³-hybridized carbons (Fsp3) is 0.444. The Morgan fingerprint density at radius 1 is 1.46 bits per heavy atom. The van der Waals surface area contributed by atoms with Gasteiger partial charge in [-0.2, -0.15) is 5.10 Å². The number of ether oxygens (including phenoxy) is 1. The van der Waals surface area contributed by atoms with Gasteiger partial charge in [0.05, 0.1) is 12.6 Å². The largest absolute Gasteiger partial charge is 0.490 e. The molecule has 0 saturated carbocycles. The monoisotopic (exact) mass is 331 g/mol. The van der Waals surface area contributed by atoms with E-state index in [1.165, 1.54) is 6.07 Å². The van der Waals surface area contributed by atoms with E-state index in [2.05, 4.69) is 24.3 Å². The molecule has 0 aliphatic carbocycles. The smallest absolute Gasteiger partial charge is 0.272 e. The third-order valence-corrected chi connectivity index (χ3v) is 4.30. The molecule has 1 aliphatic rings. The van der Waals surface area contributed by atoms with Crippen LogP contribution < -0.4 is 10.1 Å². The van der Waals surface area contributed by atoms with Gasteiger partial charge in [0.1, 0.15) is 5.69 Å². The van der Waals surface area contributed by atoms with Crippen LogP contribution in [0.25, 0.3) is 0 Å². The second kappa shape index (κ2) is 6.63. The average Bonchev–Trinajstić information content (AvgIpc) is 2.81. The molecule has 1 atom stereocenters. The Balaban J connectivity index is 1.85. The first-order valence-electron chi connectivity index (χ1n) is 8.23. The van der Waals surface area contributed by atoms with Crippen molar-refractivity contribution in [3.8, 4) is 5.75 Å². The van der Waals surface area contributed by atoms with Gasteiger partial charge in [-0.15, -0.1) is 0 Å². The molecule has 1 N–H and O–H groups in total. The standard InChI is InChI=1S/C18H22FN3O2/c1-11(2)16-10-15(21-22(16)3)18(23)20-14-8-5-9-24-17-12(14)6-4-7-13(17)19/h4,6-7,10-11,14H,5,8-9H2,1-3H3,(H,20,23)/t14-/m0/s1. The molecule has 6 heteroatoms. The van der Waals surface area contributed by atoms with Crippen molar-refractivity contribution in [3.05, 3.63) is 47.0 Å². The number of benzene rings is 1. The summed E-state index contributed by atoms with van der Waals surface area (Å²) in [6.45, 7) is 4.56. The molecule has 0 spiro atoms. The maximum Gasteiger partial charge on any atom is 0.272 e. The minimum atomic E-state index is -0.395. The molecule has 2 heterocycles. The molecule has 0 fully saturated rings. The minimum absolute atomic E-state index is 0.240. The first-order valence-corrected chi connectivity index (χ1v) is 8.23. The van der Waals surface area contributed by atoms with Crippen molar-refractivity contribution in [2.24, 2.45) is 7.05 Å². The van der Waals surface area contributed by atoms with Crippen LogP contribution in [0.3, 0.4) is 0 Å². The van der Waals surface area contributed by atoms with E-state index >= 15 is 0 Å². The van der Waals surface area contributed by atoms with Gasteiger partial charge in [0.15, 0.2) is 11.6 Å². The lowest BCUT2D eigenvalue weighted by molar-refractivity contribution is 0.0929. The predicted octanol–water partition coefficient (Wildman–Crippen LogP) is 3.33. The van der Waals surface area contributed by atoms with E-state index in [9.17, 15) is 9.18 Å². The van der Waals surface area contributed by atoms with Crippen LogP contribution in [0.2, 0.25) is 0 Å². The summed E-state index contributed by atoms with van der Waals surface area (Å²) in [5.41, 5.74) is 2.06. The molecule has 0 radical (unpaired) electrons. The Morgan fingerprint density at radius 3 is 2.96 bits per heavy atom. The third-order valence-electron chi connectivity index (χ3n) is 4.30. The normalized spacial score (nSPS) is 17.1. The highest BCUT2D eigenvalue weighted by molar-refractivity contribution is 5.92. The van der Waals surface area contributed by atoms with Crippen molar-refractivity contribution >= 4 is 5.91 Å². The number of hydrogen-bond donors (Lipinski definition) is 1. The zero-order chi connectivity index (χ0) is 17.3. The molecule has 3 rings (SSSR count). The van der Waals surface area contributed by atoms with Gasteiger partial charge in [-0.25, -0.2) is 4.39 Å². The zero-order valence-corrected chi connectivity index (χ0v) is 14.2. The molecule has 5 nitrogen and oxygen atoms in total. The Morgan fingerprint density at radius 2 is 2.25 bits per heavy atom. The average molecular weight is 331 g/mol. The predicted molar refractivity (Wildman–Crippen MR) is 88.6 cm³/mol. The van der Waals surface area contributed by atoms with Crippen LogP contribution >= 0.6 is 0 Å². The van der Waals surface area contributed by atoms with Crippen molar-refractivity contribution in [1.82, 2.24) is 15.1 Å². The summed E-state index contributed by atoms with van der Waals surface area (Å²) in [6.07, 6.45) is 1.45. The van der Waals surface area contributed by atoms with Crippen molar-refractivity contribution in [2.75, 3.05) is 6.61 Å². The summed E-state index contributed by atoms with van der Waals surface area (Å²) in [7, 11) is 1.83. The molecule has 0 saturated heterocycles. The summed E-state index contributed by atoms with van der Waals surface area (Å²) in [6, 6.07) is 6.33. The summed E-state index contributed by atoms with van der Waals surface area (Å²) in [4.78, 5) is 12.6. The summed E-state index contributed by atoms with van der Waals surface area (Å²) >= 11 is 0. The molecule has 1 amide bonds. The van der Waals surface area contributed by atoms with Gasteiger partial charge in [-0.3, -0.25) is 9.48 Å². The zero-order valence-electron chi connectivity index (χ0n) is 14.2. The second-order valence-electron chi connectivity index (χ2n) is 6.41. The maximum atomic E-state index is 14.0. The lowest BCUT2D eigenvalue weighted by Crippen LogP contribution is -2.28. The first kappa shape index (κ1) is 16.5. The molecule has 0 unspecified atom stereocenters. The molecule has 0 bridgehead atoms. The lowest BCUT2D eigenvalue weighted by atomic mass is 10.0. The molecule has 1 aromatic heterocycles. The summed E-state index contributed by atoms with van der Waals surface area (Å²) < 4.78 is 21.2. The highest BCUT2D eigenvalue weighted by Gasteiger charge is 2.25. The number of carbonyl (C=O) groups excluding carboxylic acids is 1. The molecule has 1 aliphatic heterocycles. The van der Waals surface area contributed by atoms with Crippen LogP contribution in [0, 0.1) is 5.82 Å². The Kier molecular flexibility index (Phi) is 4.55. The Hall–Kier alpha value is -2.37. The van der Waals surface area contributed by atoms with Gasteiger partial charge in [-0.1, -0.05) is 26.0 Å². The molecule has 1 aromatic carbocycles. The van der Waals surface area contributed by atoms with Gasteiger partial charge >= 0.3 is 0 Å². The van der Waals surface area contributed by atoms with E-state index in [4.69, 9.17) is 4.74 Å². The van der Waals surface area contributed by atoms with Crippen LogP contribution in [0.1, 0.15) is 60.4 Å². The van der Waals surface area contributed by atoms with Crippen molar-refractivity contribution in [2.45, 2.75) is 38.6 Å². The van der Waals surface area contributed by atoms with Gasteiger partial charge in [0.25, 0.3) is 5.91 Å². The number of hydrogen-bond acceptors (Lipinski definition) is 3. The lowest BCUT2D eigenvalue weighted by Gasteiger charge is -2.18. The number of nitrogens with zero attached hydrogens (tertiary/aromatic N) is 2. The molecular formula is C18H22FN3O2. The molecule has 128 valence electrons. The van der Waals surface area contributed by atoms with E-state index in [1.807, 2.05) is 7.05 Å². The molecule has 24 heavy (non-hydrogen) atoms. The van der Waals surface area contributed by atoms with Gasteiger partial charge in [0, 0.05) is 18.3 Å². The fourth-order valence-corrected chi connectivity index (χ4v) is 3.08. The highest BCUT2D eigenvalue weighted by Crippen LogP contribution is 2.33. The van der Waals surface area contributed by atoms with Gasteiger partial charge in [0.2, 0.25) is 0 Å². The number of carbonyl (C=O) groups is 1. The van der Waals surface area contributed by atoms with E-state index in [0.29, 0.717) is 24.3 Å². The second-order valence-corrected chi connectivity index (χ2v) is 6.41. The van der Waals surface area contributed by atoms with Crippen LogP contribution in [0.5, 0.6) is 5.75 Å². The number of para-hydroxylation sites is 1. The van der Waals surface area contributed by atoms with E-state index < -0.39 is 5.82 Å². The van der Waals surface area contributed by atoms with Crippen LogP contribution in [0.4, 0.5) is 4.39 Å². The number of aromatic nitrogens is 2. The first-order chi connectivity index (χ1) is 11.5. The van der Waals surface area contributed by atoms with E-state index in [0.717, 1.165) is 12.1 Å². The van der Waals surface area contributed by atoms with Crippen molar-refractivity contribution in [3.63, 3.8) is 0 Å². The van der Waals surface area contributed by atoms with Crippen molar-refractivity contribution < 1.29 is 13.9 Å². The number of halogens is 1. The number of rotatable bonds is 3. The SMILES string of the molecule is CC(C)c1cc(C(=O)N[C@H]2CCCOc3c(F)cccc32)nn1C. The van der Waals surface area contributed by atoms with E-state index in [-0.39, 0.29) is 23.6 Å². The third kappa shape index (κ3) is 3.13. The maximum absolute atomic E-state index is 14.0. The number of fused-ring (bicyclic) bond motifs is 1. The number of aryl methyl sites for hydroxylation is 1. The minimum Gasteiger partial charge on any atom is -0.490 e. The highest BCUT2D eigenvalue weighted by atomic mass is 19.1. The molecule has 2 aromatic rings. The Bertz CT molecular complexity index is 755. The molecular weight excluding hydrogens is 309 g/mol. The fourth-order valence-electron chi connectivity index (χ4n) is 3.08. The van der Waals surface area contributed by atoms with Crippen LogP contribution in [0.15, 0.2) is 24.3 Å².